The van der Waals surface area contributed by atoms with Crippen molar-refractivity contribution in [1.29, 1.82) is 0 Å². The van der Waals surface area contributed by atoms with Crippen LogP contribution in [0.1, 0.15) is 22.0 Å². The van der Waals surface area contributed by atoms with Crippen LogP contribution in [0.15, 0.2) is 91.1 Å². The highest BCUT2D eigenvalue weighted by molar-refractivity contribution is 5.96. The van der Waals surface area contributed by atoms with Gasteiger partial charge in [-0.15, -0.1) is 0 Å². The lowest BCUT2D eigenvalue weighted by Crippen LogP contribution is -2.33. The standard InChI is InChI=1S/C25H22N2O4/c28-24(20-7-2-1-3-8-20)26-23(25(29)30)19-10-12-21(13-11-19)31-17-16-27-15-14-18-6-4-5-9-22(18)27/h1-15,23H,16-17H2,(H,26,28)(H,29,30)/t23-/m0/s1. The van der Waals surface area contributed by atoms with Crippen LogP contribution in [0.25, 0.3) is 10.9 Å². The number of carboxylic acid groups (broad SMARTS) is 1. The molecule has 6 nitrogen and oxygen atoms in total. The zero-order chi connectivity index (χ0) is 21.6. The Morgan fingerprint density at radius 3 is 2.35 bits per heavy atom. The highest BCUT2D eigenvalue weighted by atomic mass is 16.5. The van der Waals surface area contributed by atoms with Crippen LogP contribution in [-0.4, -0.2) is 28.2 Å². The number of nitrogens with one attached hydrogen (secondary N) is 1. The molecule has 4 rings (SSSR count). The smallest absolute Gasteiger partial charge is 0.330 e. The van der Waals surface area contributed by atoms with E-state index < -0.39 is 17.9 Å². The van der Waals surface area contributed by atoms with E-state index in [0.717, 1.165) is 5.52 Å². The molecular weight excluding hydrogens is 392 g/mol. The van der Waals surface area contributed by atoms with Crippen LogP contribution in [0.4, 0.5) is 0 Å². The fourth-order valence-electron chi connectivity index (χ4n) is 3.45. The minimum Gasteiger partial charge on any atom is -0.492 e. The third-order valence-electron chi connectivity index (χ3n) is 5.05. The van der Waals surface area contributed by atoms with Crippen molar-refractivity contribution >= 4 is 22.8 Å². The van der Waals surface area contributed by atoms with Crippen molar-refractivity contribution in [3.63, 3.8) is 0 Å². The third-order valence-corrected chi connectivity index (χ3v) is 5.05. The van der Waals surface area contributed by atoms with Crippen LogP contribution in [0.5, 0.6) is 5.75 Å². The second-order valence-corrected chi connectivity index (χ2v) is 7.10. The molecule has 1 atom stereocenters. The maximum Gasteiger partial charge on any atom is 0.330 e. The zero-order valence-corrected chi connectivity index (χ0v) is 16.8. The number of aromatic nitrogens is 1. The van der Waals surface area contributed by atoms with Crippen molar-refractivity contribution in [1.82, 2.24) is 9.88 Å². The molecule has 0 unspecified atom stereocenters. The number of benzene rings is 3. The number of fused-ring (bicyclic) bond motifs is 1. The summed E-state index contributed by atoms with van der Waals surface area (Å²) in [7, 11) is 0. The van der Waals surface area contributed by atoms with Gasteiger partial charge in [0.1, 0.15) is 12.4 Å². The molecule has 6 heteroatoms. The van der Waals surface area contributed by atoms with Gasteiger partial charge >= 0.3 is 5.97 Å². The number of hydrogen-bond donors (Lipinski definition) is 2. The van der Waals surface area contributed by atoms with Crippen molar-refractivity contribution in [3.8, 4) is 5.75 Å². The first-order chi connectivity index (χ1) is 15.1. The molecule has 156 valence electrons. The molecule has 4 aromatic rings. The summed E-state index contributed by atoms with van der Waals surface area (Å²) < 4.78 is 7.95. The van der Waals surface area contributed by atoms with Crippen LogP contribution in [0.2, 0.25) is 0 Å². The maximum atomic E-state index is 12.3. The molecule has 0 spiro atoms. The highest BCUT2D eigenvalue weighted by Crippen LogP contribution is 2.20. The largest absolute Gasteiger partial charge is 0.492 e. The number of aliphatic carboxylic acids is 1. The van der Waals surface area contributed by atoms with E-state index in [1.165, 1.54) is 5.39 Å². The van der Waals surface area contributed by atoms with Crippen LogP contribution in [0.3, 0.4) is 0 Å². The molecule has 2 N–H and O–H groups in total. The van der Waals surface area contributed by atoms with Crippen molar-refractivity contribution < 1.29 is 19.4 Å². The number of amides is 1. The van der Waals surface area contributed by atoms with Gasteiger partial charge in [-0.3, -0.25) is 4.79 Å². The van der Waals surface area contributed by atoms with E-state index in [2.05, 4.69) is 28.1 Å². The van der Waals surface area contributed by atoms with Gasteiger partial charge in [0.15, 0.2) is 6.04 Å². The van der Waals surface area contributed by atoms with E-state index in [1.54, 1.807) is 54.6 Å². The van der Waals surface area contributed by atoms with E-state index in [0.29, 0.717) is 30.0 Å². The van der Waals surface area contributed by atoms with E-state index in [4.69, 9.17) is 4.74 Å². The molecule has 0 fully saturated rings. The maximum absolute atomic E-state index is 12.3. The number of nitrogens with zero attached hydrogens (tertiary/aromatic N) is 1. The molecule has 0 aliphatic heterocycles. The number of carbonyl (C=O) groups is 2. The van der Waals surface area contributed by atoms with E-state index in [9.17, 15) is 14.7 Å². The fraction of sp³-hybridized carbons (Fsp3) is 0.120. The van der Waals surface area contributed by atoms with E-state index >= 15 is 0 Å². The summed E-state index contributed by atoms with van der Waals surface area (Å²) >= 11 is 0. The van der Waals surface area contributed by atoms with Crippen molar-refractivity contribution in [2.24, 2.45) is 0 Å². The van der Waals surface area contributed by atoms with Gasteiger partial charge in [-0.1, -0.05) is 48.5 Å². The summed E-state index contributed by atoms with van der Waals surface area (Å²) in [5.41, 5.74) is 2.03. The normalized spacial score (nSPS) is 11.7. The number of para-hydroxylation sites is 1. The van der Waals surface area contributed by atoms with Gasteiger partial charge in [0.2, 0.25) is 0 Å². The molecule has 31 heavy (non-hydrogen) atoms. The lowest BCUT2D eigenvalue weighted by atomic mass is 10.1. The van der Waals surface area contributed by atoms with Crippen molar-refractivity contribution in [3.05, 3.63) is 102 Å². The molecular formula is C25H22N2O4. The van der Waals surface area contributed by atoms with Gasteiger partial charge in [0.05, 0.1) is 6.54 Å². The predicted octanol–water partition coefficient (Wildman–Crippen LogP) is 4.28. The Bertz CT molecular complexity index is 1180. The van der Waals surface area contributed by atoms with Crippen LogP contribution in [-0.2, 0) is 11.3 Å². The van der Waals surface area contributed by atoms with Gasteiger partial charge in [-0.2, -0.15) is 0 Å². The lowest BCUT2D eigenvalue weighted by molar-refractivity contribution is -0.139. The minimum atomic E-state index is -1.15. The van der Waals surface area contributed by atoms with E-state index in [-0.39, 0.29) is 0 Å². The summed E-state index contributed by atoms with van der Waals surface area (Å²) in [6.45, 7) is 1.17. The number of carbonyl (C=O) groups excluding carboxylic acids is 1. The second kappa shape index (κ2) is 9.17. The lowest BCUT2D eigenvalue weighted by Gasteiger charge is -2.16. The average Bonchev–Trinajstić information content (AvgIpc) is 3.21. The molecule has 1 amide bonds. The molecule has 0 bridgehead atoms. The molecule has 1 heterocycles. The fourth-order valence-corrected chi connectivity index (χ4v) is 3.45. The first-order valence-corrected chi connectivity index (χ1v) is 9.97. The topological polar surface area (TPSA) is 80.6 Å². The Kier molecular flexibility index (Phi) is 5.98. The van der Waals surface area contributed by atoms with Crippen LogP contribution in [0, 0.1) is 0 Å². The molecule has 0 aliphatic carbocycles. The zero-order valence-electron chi connectivity index (χ0n) is 16.8. The molecule has 1 aromatic heterocycles. The Labute approximate surface area is 179 Å². The average molecular weight is 414 g/mol. The molecule has 0 radical (unpaired) electrons. The first kappa shape index (κ1) is 20.2. The summed E-state index contributed by atoms with van der Waals surface area (Å²) in [5, 5.41) is 13.3. The third kappa shape index (κ3) is 4.75. The Balaban J connectivity index is 1.37. The quantitative estimate of drug-likeness (QED) is 0.451. The molecule has 0 aliphatic rings. The van der Waals surface area contributed by atoms with E-state index in [1.807, 2.05) is 18.3 Å². The molecule has 0 saturated carbocycles. The SMILES string of the molecule is O=C(N[C@H](C(=O)O)c1ccc(OCCn2ccc3ccccc32)cc1)c1ccccc1. The minimum absolute atomic E-state index is 0.409. The second-order valence-electron chi connectivity index (χ2n) is 7.10. The molecule has 0 saturated heterocycles. The van der Waals surface area contributed by atoms with Gasteiger partial charge in [-0.25, -0.2) is 4.79 Å². The van der Waals surface area contributed by atoms with Crippen LogP contribution < -0.4 is 10.1 Å². The number of rotatable bonds is 8. The number of ether oxygens (including phenoxy) is 1. The van der Waals surface area contributed by atoms with Crippen LogP contribution >= 0.6 is 0 Å². The Hall–Kier alpha value is -4.06. The predicted molar refractivity (Wildman–Crippen MR) is 118 cm³/mol. The van der Waals surface area contributed by atoms with Gasteiger partial charge < -0.3 is 19.7 Å². The summed E-state index contributed by atoms with van der Waals surface area (Å²) in [6, 6.07) is 24.4. The van der Waals surface area contributed by atoms with Crippen molar-refractivity contribution in [2.45, 2.75) is 12.6 Å². The number of carboxylic acids is 1. The van der Waals surface area contributed by atoms with Crippen molar-refractivity contribution in [2.75, 3.05) is 6.61 Å². The summed E-state index contributed by atoms with van der Waals surface area (Å²) in [6.07, 6.45) is 2.03. The Morgan fingerprint density at radius 2 is 1.61 bits per heavy atom. The molecule has 3 aromatic carbocycles. The number of hydrogen-bond acceptors (Lipinski definition) is 3. The van der Waals surface area contributed by atoms with Gasteiger partial charge in [0.25, 0.3) is 5.91 Å². The van der Waals surface area contributed by atoms with Gasteiger partial charge in [-0.05, 0) is 47.3 Å². The monoisotopic (exact) mass is 414 g/mol. The van der Waals surface area contributed by atoms with Gasteiger partial charge in [0, 0.05) is 17.3 Å². The highest BCUT2D eigenvalue weighted by Gasteiger charge is 2.22. The summed E-state index contributed by atoms with van der Waals surface area (Å²) in [5.74, 6) is -0.927. The Morgan fingerprint density at radius 1 is 0.903 bits per heavy atom. The first-order valence-electron chi connectivity index (χ1n) is 9.97. The summed E-state index contributed by atoms with van der Waals surface area (Å²) in [4.78, 5) is 24.1.